The van der Waals surface area contributed by atoms with E-state index in [0.29, 0.717) is 18.3 Å². The van der Waals surface area contributed by atoms with E-state index in [1.807, 2.05) is 30.3 Å². The fraction of sp³-hybridized carbons (Fsp3) is 0.674. The summed E-state index contributed by atoms with van der Waals surface area (Å²) >= 11 is 0. The van der Waals surface area contributed by atoms with Gasteiger partial charge in [-0.1, -0.05) is 66.2 Å². The standard InChI is InChI=1S/C43H58N2O5/c1-26(46)49-33-25-40(7)34(39(5,6)36(33)50-27(2)47)17-18-42(9)35(40)16-15-29-30-24-38(3,4)19-21-43(30,22-20-41(29,42)8)37(48)45-32-14-10-13-31-28(32)12-11-23-44-31/h10-15,23,30,33-36H,16-22,24-25H2,1-9H3,(H,45,48)/t30-,33-,34-,35+,36-,40-,41+,42+,43-/m0/s1. The van der Waals surface area contributed by atoms with Crippen LogP contribution in [0, 0.1) is 50.2 Å². The van der Waals surface area contributed by atoms with Gasteiger partial charge >= 0.3 is 11.9 Å². The van der Waals surface area contributed by atoms with Gasteiger partial charge in [-0.3, -0.25) is 19.4 Å². The highest BCUT2D eigenvalue weighted by Gasteiger charge is 2.70. The van der Waals surface area contributed by atoms with E-state index in [9.17, 15) is 14.4 Å². The van der Waals surface area contributed by atoms with E-state index in [1.54, 1.807) is 6.20 Å². The number of nitrogens with one attached hydrogen (secondary N) is 1. The van der Waals surface area contributed by atoms with E-state index in [0.717, 1.165) is 68.0 Å². The summed E-state index contributed by atoms with van der Waals surface area (Å²) in [6.45, 7) is 19.6. The van der Waals surface area contributed by atoms with Gasteiger partial charge in [-0.2, -0.15) is 0 Å². The molecule has 0 bridgehead atoms. The number of carbonyl (C=O) groups is 3. The Balaban J connectivity index is 1.27. The second kappa shape index (κ2) is 11.6. The van der Waals surface area contributed by atoms with Crippen LogP contribution in [-0.4, -0.2) is 35.0 Å². The molecular formula is C43H58N2O5. The Kier molecular flexibility index (Phi) is 8.20. The zero-order valence-corrected chi connectivity index (χ0v) is 31.8. The number of rotatable bonds is 4. The number of pyridine rings is 1. The maximum absolute atomic E-state index is 14.8. The molecule has 1 aromatic carbocycles. The third kappa shape index (κ3) is 5.10. The van der Waals surface area contributed by atoms with Crippen LogP contribution in [0.4, 0.5) is 5.69 Å². The largest absolute Gasteiger partial charge is 0.459 e. The molecule has 0 unspecified atom stereocenters. The van der Waals surface area contributed by atoms with Crippen molar-refractivity contribution in [2.45, 2.75) is 132 Å². The number of allylic oxidation sites excluding steroid dienone is 2. The SMILES string of the molecule is CC(=O)O[C@H]1C[C@]2(C)[C@H]3CC=C4[C@@H]5CC(C)(C)CC[C@]5(C(=O)Nc5cccc6ncccc56)CC[C@@]4(C)[C@]3(C)CC[C@H]2C(C)(C)[C@H]1OC(C)=O. The van der Waals surface area contributed by atoms with E-state index in [-0.39, 0.29) is 50.8 Å². The summed E-state index contributed by atoms with van der Waals surface area (Å²) in [5, 5.41) is 4.43. The Hall–Kier alpha value is -3.22. The van der Waals surface area contributed by atoms with Crippen molar-refractivity contribution in [2.24, 2.45) is 50.2 Å². The number of fused-ring (bicyclic) bond motifs is 8. The van der Waals surface area contributed by atoms with Crippen molar-refractivity contribution in [1.29, 1.82) is 0 Å². The molecule has 50 heavy (non-hydrogen) atoms. The normalized spacial score (nSPS) is 39.8. The van der Waals surface area contributed by atoms with Crippen molar-refractivity contribution in [2.75, 3.05) is 5.32 Å². The van der Waals surface area contributed by atoms with Crippen LogP contribution in [0.25, 0.3) is 10.9 Å². The van der Waals surface area contributed by atoms with Crippen molar-refractivity contribution in [3.63, 3.8) is 0 Å². The van der Waals surface area contributed by atoms with E-state index >= 15 is 0 Å². The van der Waals surface area contributed by atoms with Crippen LogP contribution >= 0.6 is 0 Å². The van der Waals surface area contributed by atoms with Gasteiger partial charge in [-0.05, 0) is 121 Å². The molecule has 4 fully saturated rings. The first kappa shape index (κ1) is 35.2. The molecule has 4 saturated carbocycles. The molecule has 2 aromatic rings. The summed E-state index contributed by atoms with van der Waals surface area (Å²) in [7, 11) is 0. The maximum atomic E-state index is 14.8. The molecule has 7 rings (SSSR count). The quantitative estimate of drug-likeness (QED) is 0.255. The molecule has 1 aromatic heterocycles. The zero-order chi connectivity index (χ0) is 36.1. The first-order valence-electron chi connectivity index (χ1n) is 19.1. The fourth-order valence-corrected chi connectivity index (χ4v) is 12.9. The summed E-state index contributed by atoms with van der Waals surface area (Å²) in [4.78, 5) is 44.2. The second-order valence-electron chi connectivity index (χ2n) is 18.9. The molecule has 0 aliphatic heterocycles. The fourth-order valence-electron chi connectivity index (χ4n) is 12.9. The van der Waals surface area contributed by atoms with Crippen molar-refractivity contribution in [3.8, 4) is 0 Å². The lowest BCUT2D eigenvalue weighted by molar-refractivity contribution is -0.243. The molecule has 1 amide bonds. The monoisotopic (exact) mass is 682 g/mol. The first-order chi connectivity index (χ1) is 23.4. The van der Waals surface area contributed by atoms with Crippen LogP contribution < -0.4 is 5.32 Å². The zero-order valence-electron chi connectivity index (χ0n) is 31.8. The molecule has 7 nitrogen and oxygen atoms in total. The van der Waals surface area contributed by atoms with Crippen LogP contribution in [0.5, 0.6) is 0 Å². The van der Waals surface area contributed by atoms with Crippen LogP contribution in [0.3, 0.4) is 0 Å². The van der Waals surface area contributed by atoms with E-state index in [4.69, 9.17) is 9.47 Å². The predicted molar refractivity (Wildman–Crippen MR) is 196 cm³/mol. The minimum Gasteiger partial charge on any atom is -0.459 e. The molecule has 7 heteroatoms. The number of benzene rings is 1. The highest BCUT2D eigenvalue weighted by atomic mass is 16.6. The summed E-state index contributed by atoms with van der Waals surface area (Å²) in [6, 6.07) is 9.98. The van der Waals surface area contributed by atoms with Gasteiger partial charge in [0.25, 0.3) is 0 Å². The molecule has 0 radical (unpaired) electrons. The highest BCUT2D eigenvalue weighted by molar-refractivity contribution is 6.03. The van der Waals surface area contributed by atoms with Gasteiger partial charge < -0.3 is 14.8 Å². The Morgan fingerprint density at radius 1 is 0.820 bits per heavy atom. The maximum Gasteiger partial charge on any atom is 0.303 e. The van der Waals surface area contributed by atoms with Gasteiger partial charge in [0.1, 0.15) is 12.2 Å². The molecular weight excluding hydrogens is 624 g/mol. The van der Waals surface area contributed by atoms with Crippen molar-refractivity contribution < 1.29 is 23.9 Å². The molecule has 270 valence electrons. The number of hydrogen-bond acceptors (Lipinski definition) is 6. The third-order valence-electron chi connectivity index (χ3n) is 15.5. The molecule has 0 saturated heterocycles. The average Bonchev–Trinajstić information content (AvgIpc) is 3.02. The van der Waals surface area contributed by atoms with Crippen molar-refractivity contribution in [3.05, 3.63) is 48.2 Å². The molecule has 9 atom stereocenters. The summed E-state index contributed by atoms with van der Waals surface area (Å²) < 4.78 is 12.0. The van der Waals surface area contributed by atoms with Crippen molar-refractivity contribution in [1.82, 2.24) is 4.98 Å². The predicted octanol–water partition coefficient (Wildman–Crippen LogP) is 9.45. The number of esters is 2. The average molecular weight is 683 g/mol. The van der Waals surface area contributed by atoms with E-state index in [1.165, 1.54) is 19.4 Å². The number of nitrogens with zero attached hydrogens (tertiary/aromatic N) is 1. The number of ether oxygens (including phenoxy) is 2. The number of hydrogen-bond donors (Lipinski definition) is 1. The topological polar surface area (TPSA) is 94.6 Å². The van der Waals surface area contributed by atoms with E-state index < -0.39 is 17.6 Å². The van der Waals surface area contributed by atoms with Crippen LogP contribution in [0.2, 0.25) is 0 Å². The smallest absolute Gasteiger partial charge is 0.303 e. The van der Waals surface area contributed by atoms with Gasteiger partial charge in [-0.15, -0.1) is 0 Å². The summed E-state index contributed by atoms with van der Waals surface area (Å²) in [5.74, 6) is 0.341. The van der Waals surface area contributed by atoms with Gasteiger partial charge in [0.15, 0.2) is 0 Å². The Bertz CT molecular complexity index is 1760. The Morgan fingerprint density at radius 2 is 1.54 bits per heavy atom. The lowest BCUT2D eigenvalue weighted by Gasteiger charge is -2.71. The highest BCUT2D eigenvalue weighted by Crippen LogP contribution is 2.76. The van der Waals surface area contributed by atoms with Gasteiger partial charge in [-0.25, -0.2) is 0 Å². The first-order valence-corrected chi connectivity index (χ1v) is 19.1. The lowest BCUT2D eigenvalue weighted by Crippen LogP contribution is -2.67. The van der Waals surface area contributed by atoms with Gasteiger partial charge in [0.05, 0.1) is 16.6 Å². The van der Waals surface area contributed by atoms with Gasteiger partial charge in [0.2, 0.25) is 5.91 Å². The van der Waals surface area contributed by atoms with Crippen molar-refractivity contribution >= 4 is 34.4 Å². The third-order valence-corrected chi connectivity index (χ3v) is 15.5. The number of carbonyl (C=O) groups excluding carboxylic acids is 3. The minimum absolute atomic E-state index is 0.00101. The minimum atomic E-state index is -0.487. The summed E-state index contributed by atoms with van der Waals surface area (Å²) in [5.41, 5.74) is 2.37. The van der Waals surface area contributed by atoms with E-state index in [2.05, 4.69) is 64.8 Å². The molecule has 0 spiro atoms. The molecule has 5 aliphatic rings. The number of amides is 1. The molecule has 5 aliphatic carbocycles. The molecule has 1 heterocycles. The van der Waals surface area contributed by atoms with Crippen LogP contribution in [0.1, 0.15) is 120 Å². The Labute approximate surface area is 298 Å². The Morgan fingerprint density at radius 3 is 2.26 bits per heavy atom. The van der Waals surface area contributed by atoms with Crippen LogP contribution in [0.15, 0.2) is 48.2 Å². The van der Waals surface area contributed by atoms with Gasteiger partial charge in [0, 0.05) is 30.8 Å². The van der Waals surface area contributed by atoms with Crippen LogP contribution in [-0.2, 0) is 23.9 Å². The number of anilines is 1. The number of aromatic nitrogens is 1. The summed E-state index contributed by atoms with van der Waals surface area (Å²) in [6.07, 6.45) is 11.9. The molecule has 1 N–H and O–H groups in total. The lowest BCUT2D eigenvalue weighted by atomic mass is 9.33. The second-order valence-corrected chi connectivity index (χ2v) is 18.9.